The first-order chi connectivity index (χ1) is 7.58. The van der Waals surface area contributed by atoms with Crippen molar-refractivity contribution in [1.82, 2.24) is 5.32 Å². The summed E-state index contributed by atoms with van der Waals surface area (Å²) < 4.78 is 0. The van der Waals surface area contributed by atoms with Crippen LogP contribution in [-0.4, -0.2) is 11.9 Å². The van der Waals surface area contributed by atoms with E-state index in [-0.39, 0.29) is 5.38 Å². The number of halogens is 2. The summed E-state index contributed by atoms with van der Waals surface area (Å²) in [6.45, 7) is 6.03. The van der Waals surface area contributed by atoms with Gasteiger partial charge in [-0.15, -0.1) is 11.6 Å². The molecule has 1 aromatic rings. The fourth-order valence-electron chi connectivity index (χ4n) is 1.61. The molecule has 1 atom stereocenters. The quantitative estimate of drug-likeness (QED) is 0.760. The molecule has 0 saturated heterocycles. The largest absolute Gasteiger partial charge is 0.311 e. The van der Waals surface area contributed by atoms with E-state index in [0.29, 0.717) is 5.92 Å². The number of hydrogen-bond acceptors (Lipinski definition) is 1. The molecule has 0 amide bonds. The molecule has 1 aromatic carbocycles. The molecule has 1 rings (SSSR count). The van der Waals surface area contributed by atoms with Gasteiger partial charge in [0.1, 0.15) is 0 Å². The van der Waals surface area contributed by atoms with E-state index in [2.05, 4.69) is 25.2 Å². The Balaban J connectivity index is 2.25. The van der Waals surface area contributed by atoms with Gasteiger partial charge in [-0.2, -0.15) is 0 Å². The van der Waals surface area contributed by atoms with E-state index in [1.165, 1.54) is 5.56 Å². The first-order valence-corrected chi connectivity index (χ1v) is 6.48. The van der Waals surface area contributed by atoms with Crippen LogP contribution < -0.4 is 5.32 Å². The van der Waals surface area contributed by atoms with Gasteiger partial charge in [-0.25, -0.2) is 0 Å². The molecule has 1 unspecified atom stereocenters. The first kappa shape index (κ1) is 13.8. The van der Waals surface area contributed by atoms with E-state index in [9.17, 15) is 0 Å². The second-order valence-corrected chi connectivity index (χ2v) is 5.54. The number of benzene rings is 1. The summed E-state index contributed by atoms with van der Waals surface area (Å²) >= 11 is 12.1. The van der Waals surface area contributed by atoms with Gasteiger partial charge in [0.25, 0.3) is 0 Å². The van der Waals surface area contributed by atoms with E-state index < -0.39 is 0 Å². The Kier molecular flexibility index (Phi) is 6.18. The van der Waals surface area contributed by atoms with Crippen molar-refractivity contribution >= 4 is 23.2 Å². The minimum Gasteiger partial charge on any atom is -0.311 e. The molecule has 90 valence electrons. The summed E-state index contributed by atoms with van der Waals surface area (Å²) in [7, 11) is 0. The Morgan fingerprint density at radius 1 is 1.31 bits per heavy atom. The molecule has 0 fully saturated rings. The molecule has 0 aliphatic heterocycles. The lowest BCUT2D eigenvalue weighted by Crippen LogP contribution is -2.23. The zero-order valence-corrected chi connectivity index (χ0v) is 11.4. The third-order valence-corrected chi connectivity index (χ3v) is 2.88. The Labute approximate surface area is 108 Å². The average Bonchev–Trinajstić information content (AvgIpc) is 2.16. The Hall–Kier alpha value is -0.240. The standard InChI is InChI=1S/C13H19Cl2N/c1-10(2)6-13(15)9-16-8-11-4-3-5-12(14)7-11/h3-5,7,10,13,16H,6,8-9H2,1-2H3. The van der Waals surface area contributed by atoms with E-state index >= 15 is 0 Å². The molecule has 0 radical (unpaired) electrons. The summed E-state index contributed by atoms with van der Waals surface area (Å²) in [5, 5.41) is 4.33. The van der Waals surface area contributed by atoms with Gasteiger partial charge in [-0.3, -0.25) is 0 Å². The van der Waals surface area contributed by atoms with Crippen molar-refractivity contribution < 1.29 is 0 Å². The van der Waals surface area contributed by atoms with Crippen LogP contribution in [0.1, 0.15) is 25.8 Å². The van der Waals surface area contributed by atoms with Crippen LogP contribution in [0.15, 0.2) is 24.3 Å². The van der Waals surface area contributed by atoms with Crippen LogP contribution >= 0.6 is 23.2 Å². The van der Waals surface area contributed by atoms with Crippen molar-refractivity contribution in [1.29, 1.82) is 0 Å². The first-order valence-electron chi connectivity index (χ1n) is 5.67. The van der Waals surface area contributed by atoms with Crippen LogP contribution in [0.3, 0.4) is 0 Å². The maximum absolute atomic E-state index is 6.18. The van der Waals surface area contributed by atoms with E-state index in [4.69, 9.17) is 23.2 Å². The maximum atomic E-state index is 6.18. The van der Waals surface area contributed by atoms with E-state index in [0.717, 1.165) is 24.5 Å². The van der Waals surface area contributed by atoms with Crippen molar-refractivity contribution in [3.05, 3.63) is 34.9 Å². The van der Waals surface area contributed by atoms with Crippen LogP contribution in [0, 0.1) is 5.92 Å². The van der Waals surface area contributed by atoms with Gasteiger partial charge in [0.05, 0.1) is 0 Å². The second-order valence-electron chi connectivity index (χ2n) is 4.49. The molecule has 1 nitrogen and oxygen atoms in total. The van der Waals surface area contributed by atoms with Crippen molar-refractivity contribution in [3.8, 4) is 0 Å². The number of alkyl halides is 1. The van der Waals surface area contributed by atoms with Crippen molar-refractivity contribution in [3.63, 3.8) is 0 Å². The van der Waals surface area contributed by atoms with Gasteiger partial charge in [-0.05, 0) is 30.0 Å². The topological polar surface area (TPSA) is 12.0 Å². The third-order valence-electron chi connectivity index (χ3n) is 2.31. The molecule has 3 heteroatoms. The smallest absolute Gasteiger partial charge is 0.0463 e. The van der Waals surface area contributed by atoms with Crippen LogP contribution in [0.25, 0.3) is 0 Å². The van der Waals surface area contributed by atoms with Crippen molar-refractivity contribution in [2.75, 3.05) is 6.54 Å². The predicted molar refractivity (Wildman–Crippen MR) is 72.3 cm³/mol. The predicted octanol–water partition coefficient (Wildman–Crippen LogP) is 4.08. The fraction of sp³-hybridized carbons (Fsp3) is 0.538. The number of hydrogen-bond donors (Lipinski definition) is 1. The zero-order valence-electron chi connectivity index (χ0n) is 9.84. The number of rotatable bonds is 6. The van der Waals surface area contributed by atoms with Crippen LogP contribution in [0.5, 0.6) is 0 Å². The minimum absolute atomic E-state index is 0.208. The van der Waals surface area contributed by atoms with Crippen LogP contribution in [0.2, 0.25) is 5.02 Å². The van der Waals surface area contributed by atoms with Gasteiger partial charge >= 0.3 is 0 Å². The molecule has 0 spiro atoms. The zero-order chi connectivity index (χ0) is 12.0. The molecular formula is C13H19Cl2N. The number of nitrogens with one attached hydrogen (secondary N) is 1. The molecule has 0 aromatic heterocycles. The lowest BCUT2D eigenvalue weighted by molar-refractivity contribution is 0.533. The van der Waals surface area contributed by atoms with Gasteiger partial charge in [0.2, 0.25) is 0 Å². The molecule has 0 saturated carbocycles. The highest BCUT2D eigenvalue weighted by atomic mass is 35.5. The highest BCUT2D eigenvalue weighted by Gasteiger charge is 2.06. The lowest BCUT2D eigenvalue weighted by Gasteiger charge is -2.13. The maximum Gasteiger partial charge on any atom is 0.0463 e. The molecule has 1 N–H and O–H groups in total. The van der Waals surface area contributed by atoms with Gasteiger partial charge < -0.3 is 5.32 Å². The van der Waals surface area contributed by atoms with Gasteiger partial charge in [0.15, 0.2) is 0 Å². The Morgan fingerprint density at radius 3 is 2.69 bits per heavy atom. The van der Waals surface area contributed by atoms with E-state index in [1.54, 1.807) is 0 Å². The molecule has 0 bridgehead atoms. The minimum atomic E-state index is 0.208. The van der Waals surface area contributed by atoms with Crippen molar-refractivity contribution in [2.45, 2.75) is 32.2 Å². The molecule has 0 aliphatic rings. The van der Waals surface area contributed by atoms with Crippen molar-refractivity contribution in [2.24, 2.45) is 5.92 Å². The highest BCUT2D eigenvalue weighted by Crippen LogP contribution is 2.12. The van der Waals surface area contributed by atoms with E-state index in [1.807, 2.05) is 18.2 Å². The molecule has 16 heavy (non-hydrogen) atoms. The Morgan fingerprint density at radius 2 is 2.06 bits per heavy atom. The third kappa shape index (κ3) is 5.74. The molecular weight excluding hydrogens is 241 g/mol. The molecule has 0 heterocycles. The van der Waals surface area contributed by atoms with Gasteiger partial charge in [0, 0.05) is 23.5 Å². The lowest BCUT2D eigenvalue weighted by atomic mass is 10.1. The second kappa shape index (κ2) is 7.16. The normalized spacial score (nSPS) is 13.1. The highest BCUT2D eigenvalue weighted by molar-refractivity contribution is 6.30. The summed E-state index contributed by atoms with van der Waals surface area (Å²) in [6, 6.07) is 7.88. The summed E-state index contributed by atoms with van der Waals surface area (Å²) in [5.41, 5.74) is 1.20. The molecule has 0 aliphatic carbocycles. The summed E-state index contributed by atoms with van der Waals surface area (Å²) in [6.07, 6.45) is 1.05. The summed E-state index contributed by atoms with van der Waals surface area (Å²) in [5.74, 6) is 0.649. The van der Waals surface area contributed by atoms with Gasteiger partial charge in [-0.1, -0.05) is 37.6 Å². The Bertz CT molecular complexity index is 313. The monoisotopic (exact) mass is 259 g/mol. The SMILES string of the molecule is CC(C)CC(Cl)CNCc1cccc(Cl)c1. The van der Waals surface area contributed by atoms with Crippen LogP contribution in [0.4, 0.5) is 0 Å². The van der Waals surface area contributed by atoms with Crippen LogP contribution in [-0.2, 0) is 6.54 Å². The fourth-order valence-corrected chi connectivity index (χ4v) is 2.29. The average molecular weight is 260 g/mol. The summed E-state index contributed by atoms with van der Waals surface area (Å²) in [4.78, 5) is 0.